The third kappa shape index (κ3) is 4.87. The summed E-state index contributed by atoms with van der Waals surface area (Å²) in [6, 6.07) is 0. The van der Waals surface area contributed by atoms with Crippen molar-refractivity contribution in [3.63, 3.8) is 0 Å². The molecule has 2 N–H and O–H groups in total. The summed E-state index contributed by atoms with van der Waals surface area (Å²) in [4.78, 5) is 34.4. The maximum atomic E-state index is 12.6. The Kier molecular flexibility index (Phi) is 6.31. The Bertz CT molecular complexity index is 1090. The first-order valence-corrected chi connectivity index (χ1v) is 12.5. The molecule has 0 bridgehead atoms. The van der Waals surface area contributed by atoms with Crippen molar-refractivity contribution >= 4 is 55.7 Å². The van der Waals surface area contributed by atoms with Crippen LogP contribution in [-0.4, -0.2) is 31.8 Å². The fraction of sp³-hybridized carbons (Fsp3) is 0.526. The van der Waals surface area contributed by atoms with E-state index in [4.69, 9.17) is 0 Å². The standard InChI is InChI=1S/C19H23N5O2S3/c1-10(2)7-15-23-24-19(29-15)22-14(25)9-27-8-13-20-17(26)16-11-5-3-4-6-12(11)28-18(16)21-13/h10H,3-9H2,1-2H3,(H,20,21,26)(H,22,24,25). The zero-order valence-corrected chi connectivity index (χ0v) is 18.9. The third-order valence-electron chi connectivity index (χ3n) is 4.64. The SMILES string of the molecule is CC(C)Cc1nnc(NC(=O)CSCc2nc3sc4c(c3c(=O)[nH]2)CCCC4)s1. The second-order valence-corrected chi connectivity index (χ2v) is 10.7. The highest BCUT2D eigenvalue weighted by Crippen LogP contribution is 2.33. The summed E-state index contributed by atoms with van der Waals surface area (Å²) in [5, 5.41) is 13.1. The monoisotopic (exact) mass is 449 g/mol. The van der Waals surface area contributed by atoms with Crippen molar-refractivity contribution in [3.8, 4) is 0 Å². The normalized spacial score (nSPS) is 13.8. The van der Waals surface area contributed by atoms with Crippen LogP contribution in [0.5, 0.6) is 0 Å². The minimum Gasteiger partial charge on any atom is -0.309 e. The van der Waals surface area contributed by atoms with E-state index in [9.17, 15) is 9.59 Å². The Morgan fingerprint density at radius 1 is 1.24 bits per heavy atom. The number of H-pyrrole nitrogens is 1. The zero-order chi connectivity index (χ0) is 20.4. The number of carbonyl (C=O) groups is 1. The van der Waals surface area contributed by atoms with Crippen LogP contribution in [0.2, 0.25) is 0 Å². The van der Waals surface area contributed by atoms with Gasteiger partial charge in [0.1, 0.15) is 15.7 Å². The van der Waals surface area contributed by atoms with Gasteiger partial charge in [0.05, 0.1) is 16.9 Å². The number of aromatic amines is 1. The Hall–Kier alpha value is -1.78. The summed E-state index contributed by atoms with van der Waals surface area (Å²) in [5.41, 5.74) is 1.14. The van der Waals surface area contributed by atoms with Gasteiger partial charge in [0.15, 0.2) is 0 Å². The topological polar surface area (TPSA) is 101 Å². The molecule has 3 aromatic rings. The second kappa shape index (κ2) is 8.93. The Balaban J connectivity index is 1.34. The number of rotatable bonds is 7. The number of amides is 1. The van der Waals surface area contributed by atoms with E-state index in [1.807, 2.05) is 0 Å². The van der Waals surface area contributed by atoms with Crippen molar-refractivity contribution in [1.29, 1.82) is 0 Å². The number of hydrogen-bond acceptors (Lipinski definition) is 8. The van der Waals surface area contributed by atoms with Gasteiger partial charge < -0.3 is 4.98 Å². The van der Waals surface area contributed by atoms with Crippen LogP contribution < -0.4 is 10.9 Å². The van der Waals surface area contributed by atoms with Crippen molar-refractivity contribution in [2.45, 2.75) is 51.7 Å². The predicted octanol–water partition coefficient (Wildman–Crippen LogP) is 3.79. The van der Waals surface area contributed by atoms with Crippen molar-refractivity contribution in [3.05, 3.63) is 31.6 Å². The highest BCUT2D eigenvalue weighted by Gasteiger charge is 2.19. The van der Waals surface area contributed by atoms with E-state index in [-0.39, 0.29) is 17.2 Å². The van der Waals surface area contributed by atoms with Crippen molar-refractivity contribution in [2.75, 3.05) is 11.1 Å². The minimum absolute atomic E-state index is 0.0546. The highest BCUT2D eigenvalue weighted by atomic mass is 32.2. The number of nitrogens with one attached hydrogen (secondary N) is 2. The molecule has 1 amide bonds. The summed E-state index contributed by atoms with van der Waals surface area (Å²) in [5.74, 6) is 1.74. The quantitative estimate of drug-likeness (QED) is 0.569. The van der Waals surface area contributed by atoms with Crippen LogP contribution in [0, 0.1) is 5.92 Å². The molecule has 0 spiro atoms. The summed E-state index contributed by atoms with van der Waals surface area (Å²) >= 11 is 4.48. The van der Waals surface area contributed by atoms with Gasteiger partial charge in [0, 0.05) is 11.3 Å². The first-order valence-electron chi connectivity index (χ1n) is 9.73. The Morgan fingerprint density at radius 3 is 2.90 bits per heavy atom. The third-order valence-corrected chi connectivity index (χ3v) is 7.63. The van der Waals surface area contributed by atoms with E-state index in [0.29, 0.717) is 22.6 Å². The van der Waals surface area contributed by atoms with E-state index in [1.165, 1.54) is 40.0 Å². The molecule has 4 rings (SSSR count). The molecule has 3 aromatic heterocycles. The van der Waals surface area contributed by atoms with Gasteiger partial charge in [0.2, 0.25) is 11.0 Å². The lowest BCUT2D eigenvalue weighted by Crippen LogP contribution is -2.15. The maximum absolute atomic E-state index is 12.6. The van der Waals surface area contributed by atoms with Crippen molar-refractivity contribution in [1.82, 2.24) is 20.2 Å². The molecule has 0 radical (unpaired) electrons. The lowest BCUT2D eigenvalue weighted by atomic mass is 9.97. The number of thioether (sulfide) groups is 1. The Labute approximate surface area is 180 Å². The smallest absolute Gasteiger partial charge is 0.259 e. The van der Waals surface area contributed by atoms with Crippen LogP contribution >= 0.6 is 34.4 Å². The number of anilines is 1. The van der Waals surface area contributed by atoms with Gasteiger partial charge in [-0.05, 0) is 37.2 Å². The number of hydrogen-bond donors (Lipinski definition) is 2. The zero-order valence-electron chi connectivity index (χ0n) is 16.4. The molecule has 0 aromatic carbocycles. The van der Waals surface area contributed by atoms with Crippen molar-refractivity contribution < 1.29 is 4.79 Å². The predicted molar refractivity (Wildman–Crippen MR) is 120 cm³/mol. The fourth-order valence-corrected chi connectivity index (χ4v) is 6.35. The average molecular weight is 450 g/mol. The Morgan fingerprint density at radius 2 is 2.07 bits per heavy atom. The number of aryl methyl sites for hydroxylation is 2. The molecule has 7 nitrogen and oxygen atoms in total. The summed E-state index contributed by atoms with van der Waals surface area (Å²) in [6.07, 6.45) is 5.20. The number of aromatic nitrogens is 4. The molecule has 10 heteroatoms. The molecule has 154 valence electrons. The van der Waals surface area contributed by atoms with Gasteiger partial charge >= 0.3 is 0 Å². The molecule has 0 aliphatic heterocycles. The molecule has 0 saturated carbocycles. The number of carbonyl (C=O) groups excluding carboxylic acids is 1. The molecule has 0 atom stereocenters. The highest BCUT2D eigenvalue weighted by molar-refractivity contribution is 7.99. The molecule has 0 saturated heterocycles. The van der Waals surface area contributed by atoms with Crippen LogP contribution in [0.3, 0.4) is 0 Å². The number of nitrogens with zero attached hydrogens (tertiary/aromatic N) is 3. The van der Waals surface area contributed by atoms with Gasteiger partial charge in [-0.2, -0.15) is 0 Å². The minimum atomic E-state index is -0.128. The lowest BCUT2D eigenvalue weighted by Gasteiger charge is -2.09. The fourth-order valence-electron chi connectivity index (χ4n) is 3.41. The number of thiophene rings is 1. The molecule has 1 aliphatic carbocycles. The van der Waals surface area contributed by atoms with Crippen LogP contribution in [0.25, 0.3) is 10.2 Å². The van der Waals surface area contributed by atoms with Gasteiger partial charge in [-0.15, -0.1) is 33.3 Å². The molecular weight excluding hydrogens is 426 g/mol. The molecule has 0 unspecified atom stereocenters. The van der Waals surface area contributed by atoms with E-state index in [1.54, 1.807) is 11.3 Å². The van der Waals surface area contributed by atoms with Gasteiger partial charge in [0.25, 0.3) is 5.56 Å². The average Bonchev–Trinajstić information content (AvgIpc) is 3.25. The van der Waals surface area contributed by atoms with Crippen molar-refractivity contribution in [2.24, 2.45) is 5.92 Å². The van der Waals surface area contributed by atoms with Crippen LogP contribution in [0.1, 0.15) is 48.0 Å². The van der Waals surface area contributed by atoms with E-state index >= 15 is 0 Å². The summed E-state index contributed by atoms with van der Waals surface area (Å²) in [7, 11) is 0. The van der Waals surface area contributed by atoms with Crippen LogP contribution in [0.15, 0.2) is 4.79 Å². The lowest BCUT2D eigenvalue weighted by molar-refractivity contribution is -0.113. The largest absolute Gasteiger partial charge is 0.309 e. The van der Waals surface area contributed by atoms with E-state index in [0.717, 1.165) is 40.9 Å². The summed E-state index contributed by atoms with van der Waals surface area (Å²) in [6.45, 7) is 4.24. The van der Waals surface area contributed by atoms with Crippen LogP contribution in [-0.2, 0) is 29.8 Å². The molecule has 29 heavy (non-hydrogen) atoms. The van der Waals surface area contributed by atoms with Crippen LogP contribution in [0.4, 0.5) is 5.13 Å². The molecular formula is C19H23N5O2S3. The molecule has 3 heterocycles. The van der Waals surface area contributed by atoms with Gasteiger partial charge in [-0.1, -0.05) is 25.2 Å². The maximum Gasteiger partial charge on any atom is 0.259 e. The molecule has 1 aliphatic rings. The van der Waals surface area contributed by atoms with E-state index in [2.05, 4.69) is 39.3 Å². The first kappa shape index (κ1) is 20.5. The second-order valence-electron chi connectivity index (χ2n) is 7.54. The first-order chi connectivity index (χ1) is 14.0. The van der Waals surface area contributed by atoms with Gasteiger partial charge in [-0.25, -0.2) is 4.98 Å². The number of fused-ring (bicyclic) bond motifs is 3. The molecule has 0 fully saturated rings. The van der Waals surface area contributed by atoms with Gasteiger partial charge in [-0.3, -0.25) is 14.9 Å². The van der Waals surface area contributed by atoms with E-state index < -0.39 is 0 Å². The summed E-state index contributed by atoms with van der Waals surface area (Å²) < 4.78 is 0.